The first-order valence-corrected chi connectivity index (χ1v) is 9.72. The van der Waals surface area contributed by atoms with Gasteiger partial charge in [-0.2, -0.15) is 0 Å². The minimum Gasteiger partial charge on any atom is -0.481 e. The molecular formula is C22H29N3O4. The number of likely N-dealkylation sites (tertiary alicyclic amines) is 1. The van der Waals surface area contributed by atoms with Gasteiger partial charge in [0.25, 0.3) is 11.5 Å². The molecule has 1 saturated heterocycles. The predicted octanol–water partition coefficient (Wildman–Crippen LogP) is 2.27. The third-order valence-electron chi connectivity index (χ3n) is 5.07. The number of carboxylic acids is 1. The number of carbonyl (C=O) groups excluding carboxylic acids is 1. The molecule has 1 fully saturated rings. The van der Waals surface area contributed by atoms with Crippen LogP contribution in [-0.2, 0) is 16.6 Å². The lowest BCUT2D eigenvalue weighted by molar-refractivity contribution is -0.134. The SMILES string of the molecule is CC(=O)O.Cn1ccc(C2CCN(C(=O)CC(N)c3ccccc3)CC2)cc1=O. The van der Waals surface area contributed by atoms with Gasteiger partial charge in [-0.05, 0) is 36.0 Å². The van der Waals surface area contributed by atoms with Crippen molar-refractivity contribution in [2.45, 2.75) is 38.1 Å². The quantitative estimate of drug-likeness (QED) is 0.820. The summed E-state index contributed by atoms with van der Waals surface area (Å²) in [5.74, 6) is -0.375. The van der Waals surface area contributed by atoms with E-state index >= 15 is 0 Å². The Morgan fingerprint density at radius 2 is 1.76 bits per heavy atom. The van der Waals surface area contributed by atoms with Crippen LogP contribution in [0.4, 0.5) is 0 Å². The van der Waals surface area contributed by atoms with Crippen LogP contribution in [0, 0.1) is 0 Å². The van der Waals surface area contributed by atoms with E-state index in [1.807, 2.05) is 47.5 Å². The van der Waals surface area contributed by atoms with Crippen molar-refractivity contribution in [2.75, 3.05) is 13.1 Å². The Labute approximate surface area is 170 Å². The lowest BCUT2D eigenvalue weighted by Crippen LogP contribution is -2.39. The van der Waals surface area contributed by atoms with E-state index in [1.165, 1.54) is 0 Å². The van der Waals surface area contributed by atoms with E-state index in [2.05, 4.69) is 0 Å². The van der Waals surface area contributed by atoms with Crippen LogP contribution >= 0.6 is 0 Å². The normalized spacial score (nSPS) is 15.2. The maximum absolute atomic E-state index is 12.5. The highest BCUT2D eigenvalue weighted by atomic mass is 16.4. The predicted molar refractivity (Wildman–Crippen MR) is 112 cm³/mol. The van der Waals surface area contributed by atoms with Crippen LogP contribution in [0.2, 0.25) is 0 Å². The summed E-state index contributed by atoms with van der Waals surface area (Å²) in [6.07, 6.45) is 3.92. The molecule has 0 bridgehead atoms. The number of piperidine rings is 1. The number of carboxylic acid groups (broad SMARTS) is 1. The van der Waals surface area contributed by atoms with E-state index in [0.717, 1.165) is 44.0 Å². The molecule has 0 aliphatic carbocycles. The Balaban J connectivity index is 0.000000687. The van der Waals surface area contributed by atoms with E-state index in [-0.39, 0.29) is 17.5 Å². The van der Waals surface area contributed by atoms with E-state index in [0.29, 0.717) is 12.3 Å². The van der Waals surface area contributed by atoms with Crippen LogP contribution in [0.1, 0.15) is 49.3 Å². The molecule has 2 aromatic rings. The standard InChI is InChI=1S/C20H25N3O2.C2H4O2/c1-22-10-7-17(13-19(22)24)15-8-11-23(12-9-15)20(25)14-18(21)16-5-3-2-4-6-16;1-2(3)4/h2-7,10,13,15,18H,8-9,11-12,14,21H2,1H3;1H3,(H,3,4). The number of aliphatic carboxylic acids is 1. The first-order valence-electron chi connectivity index (χ1n) is 9.72. The molecule has 3 rings (SSSR count). The Kier molecular flexibility index (Phi) is 8.15. The molecule has 1 aliphatic heterocycles. The van der Waals surface area contributed by atoms with Gasteiger partial charge in [-0.15, -0.1) is 0 Å². The lowest BCUT2D eigenvalue weighted by atomic mass is 9.89. The fourth-order valence-electron chi connectivity index (χ4n) is 3.42. The zero-order valence-electron chi connectivity index (χ0n) is 17.0. The number of nitrogens with zero attached hydrogens (tertiary/aromatic N) is 2. The van der Waals surface area contributed by atoms with E-state index in [1.54, 1.807) is 17.7 Å². The van der Waals surface area contributed by atoms with Crippen LogP contribution in [0.25, 0.3) is 0 Å². The van der Waals surface area contributed by atoms with Gasteiger partial charge in [-0.1, -0.05) is 30.3 Å². The Bertz CT molecular complexity index is 867. The third-order valence-corrected chi connectivity index (χ3v) is 5.07. The van der Waals surface area contributed by atoms with Crippen LogP contribution in [-0.4, -0.2) is 39.5 Å². The highest BCUT2D eigenvalue weighted by Gasteiger charge is 2.25. The maximum Gasteiger partial charge on any atom is 0.300 e. The smallest absolute Gasteiger partial charge is 0.300 e. The maximum atomic E-state index is 12.5. The molecule has 1 unspecified atom stereocenters. The van der Waals surface area contributed by atoms with Gasteiger partial charge in [0.2, 0.25) is 5.91 Å². The summed E-state index contributed by atoms with van der Waals surface area (Å²) in [7, 11) is 1.75. The van der Waals surface area contributed by atoms with Crippen LogP contribution < -0.4 is 11.3 Å². The van der Waals surface area contributed by atoms with E-state index in [4.69, 9.17) is 15.6 Å². The van der Waals surface area contributed by atoms with E-state index < -0.39 is 5.97 Å². The molecule has 7 heteroatoms. The Hall–Kier alpha value is -2.93. The monoisotopic (exact) mass is 399 g/mol. The average molecular weight is 399 g/mol. The zero-order chi connectivity index (χ0) is 21.4. The topological polar surface area (TPSA) is 106 Å². The number of pyridine rings is 1. The number of carbonyl (C=O) groups is 2. The molecule has 0 spiro atoms. The minimum absolute atomic E-state index is 0.0184. The van der Waals surface area contributed by atoms with Gasteiger partial charge in [-0.25, -0.2) is 0 Å². The summed E-state index contributed by atoms with van der Waals surface area (Å²) in [4.78, 5) is 35.2. The molecule has 1 atom stereocenters. The van der Waals surface area contributed by atoms with Crippen LogP contribution in [0.15, 0.2) is 53.5 Å². The molecule has 29 heavy (non-hydrogen) atoms. The summed E-state index contributed by atoms with van der Waals surface area (Å²) in [6, 6.07) is 13.2. The summed E-state index contributed by atoms with van der Waals surface area (Å²) in [5.41, 5.74) is 8.26. The first kappa shape index (κ1) is 22.4. The van der Waals surface area contributed by atoms with Crippen molar-refractivity contribution < 1.29 is 14.7 Å². The molecule has 7 nitrogen and oxygen atoms in total. The number of amides is 1. The van der Waals surface area contributed by atoms with Gasteiger partial charge >= 0.3 is 0 Å². The van der Waals surface area contributed by atoms with Gasteiger partial charge in [-0.3, -0.25) is 14.4 Å². The van der Waals surface area contributed by atoms with Gasteiger partial charge < -0.3 is 20.3 Å². The number of rotatable bonds is 4. The molecule has 3 N–H and O–H groups in total. The van der Waals surface area contributed by atoms with Crippen molar-refractivity contribution in [2.24, 2.45) is 12.8 Å². The van der Waals surface area contributed by atoms with Gasteiger partial charge in [0.05, 0.1) is 0 Å². The average Bonchev–Trinajstić information content (AvgIpc) is 2.70. The number of hydrogen-bond acceptors (Lipinski definition) is 4. The summed E-state index contributed by atoms with van der Waals surface area (Å²) in [6.45, 7) is 2.53. The molecule has 156 valence electrons. The Morgan fingerprint density at radius 3 is 2.31 bits per heavy atom. The summed E-state index contributed by atoms with van der Waals surface area (Å²) < 4.78 is 1.58. The number of nitrogens with two attached hydrogens (primary N) is 1. The molecule has 1 amide bonds. The van der Waals surface area contributed by atoms with Gasteiger partial charge in [0, 0.05) is 51.8 Å². The number of benzene rings is 1. The van der Waals surface area contributed by atoms with Crippen LogP contribution in [0.5, 0.6) is 0 Å². The Morgan fingerprint density at radius 1 is 1.17 bits per heavy atom. The van der Waals surface area contributed by atoms with E-state index in [9.17, 15) is 9.59 Å². The number of hydrogen-bond donors (Lipinski definition) is 2. The molecule has 2 heterocycles. The fourth-order valence-corrected chi connectivity index (χ4v) is 3.42. The second-order valence-electron chi connectivity index (χ2n) is 7.30. The first-order chi connectivity index (χ1) is 13.8. The van der Waals surface area contributed by atoms with Gasteiger partial charge in [0.15, 0.2) is 0 Å². The molecule has 1 aromatic heterocycles. The van der Waals surface area contributed by atoms with Crippen molar-refractivity contribution in [1.29, 1.82) is 0 Å². The second-order valence-corrected chi connectivity index (χ2v) is 7.30. The highest BCUT2D eigenvalue weighted by Crippen LogP contribution is 2.28. The van der Waals surface area contributed by atoms with Crippen molar-refractivity contribution >= 4 is 11.9 Å². The van der Waals surface area contributed by atoms with Crippen LogP contribution in [0.3, 0.4) is 0 Å². The second kappa shape index (κ2) is 10.6. The highest BCUT2D eigenvalue weighted by molar-refractivity contribution is 5.77. The molecule has 0 radical (unpaired) electrons. The zero-order valence-corrected chi connectivity index (χ0v) is 17.0. The summed E-state index contributed by atoms with van der Waals surface area (Å²) >= 11 is 0. The molecular weight excluding hydrogens is 370 g/mol. The van der Waals surface area contributed by atoms with Crippen molar-refractivity contribution in [3.8, 4) is 0 Å². The molecule has 0 saturated carbocycles. The minimum atomic E-state index is -0.833. The lowest BCUT2D eigenvalue weighted by Gasteiger charge is -2.33. The molecule has 1 aromatic carbocycles. The third kappa shape index (κ3) is 6.87. The van der Waals surface area contributed by atoms with Crippen molar-refractivity contribution in [3.63, 3.8) is 0 Å². The number of aryl methyl sites for hydroxylation is 1. The largest absolute Gasteiger partial charge is 0.481 e. The van der Waals surface area contributed by atoms with Gasteiger partial charge in [0.1, 0.15) is 0 Å². The van der Waals surface area contributed by atoms with Crippen molar-refractivity contribution in [3.05, 3.63) is 70.1 Å². The number of aromatic nitrogens is 1. The van der Waals surface area contributed by atoms with Crippen molar-refractivity contribution in [1.82, 2.24) is 9.47 Å². The molecule has 1 aliphatic rings. The fraction of sp³-hybridized carbons (Fsp3) is 0.409. The summed E-state index contributed by atoms with van der Waals surface area (Å²) in [5, 5.41) is 7.42.